The molecule has 0 amide bonds. The van der Waals surface area contributed by atoms with Gasteiger partial charge in [-0.1, -0.05) is 224 Å². The molecule has 12 nitrogen and oxygen atoms in total. The van der Waals surface area contributed by atoms with Gasteiger partial charge in [0, 0.05) is 48.0 Å². The Morgan fingerprint density at radius 1 is 0.271 bits per heavy atom. The minimum Gasteiger partial charge on any atom is -0.508 e. The molecule has 85 heavy (non-hydrogen) atoms. The van der Waals surface area contributed by atoms with Crippen LogP contribution in [0.15, 0.2) is 97.1 Å². The summed E-state index contributed by atoms with van der Waals surface area (Å²) in [5.74, 6) is -2.90. The Labute approximate surface area is 511 Å². The molecule has 0 fully saturated rings. The van der Waals surface area contributed by atoms with Gasteiger partial charge in [-0.3, -0.25) is 0 Å². The van der Waals surface area contributed by atoms with Crippen molar-refractivity contribution in [2.24, 2.45) is 0 Å². The fourth-order valence-electron chi connectivity index (χ4n) is 9.53. The molecular weight excluding hydrogens is 1070 g/mol. The monoisotopic (exact) mass is 1180 g/mol. The summed E-state index contributed by atoms with van der Waals surface area (Å²) < 4.78 is 0. The van der Waals surface area contributed by atoms with E-state index in [1.54, 1.807) is 24.3 Å². The molecule has 0 unspecified atom stereocenters. The quantitative estimate of drug-likeness (QED) is 0.0620. The fraction of sp³-hybridized carbons (Fsp3) is 0.507. The summed E-state index contributed by atoms with van der Waals surface area (Å²) in [4.78, 5) is 44.3. The first kappa shape index (κ1) is 77.9. The molecule has 4 aromatic carbocycles. The van der Waals surface area contributed by atoms with Crippen LogP contribution in [0.2, 0.25) is 0 Å². The molecule has 472 valence electrons. The van der Waals surface area contributed by atoms with Crippen molar-refractivity contribution < 1.29 is 60.0 Å². The smallest absolute Gasteiger partial charge is 0.331 e. The number of rotatable bonds is 12. The molecule has 0 heterocycles. The Balaban J connectivity index is 0.00000110. The van der Waals surface area contributed by atoms with Gasteiger partial charge >= 0.3 is 23.9 Å². The van der Waals surface area contributed by atoms with Gasteiger partial charge in [-0.05, 0) is 134 Å². The lowest BCUT2D eigenvalue weighted by Crippen LogP contribution is -2.19. The van der Waals surface area contributed by atoms with E-state index < -0.39 is 23.9 Å². The number of aromatic hydroxyl groups is 4. The minimum atomic E-state index is -0.986. The third-order valence-corrected chi connectivity index (χ3v) is 14.2. The van der Waals surface area contributed by atoms with Gasteiger partial charge in [-0.2, -0.15) is 0 Å². The topological polar surface area (TPSA) is 230 Å². The summed E-state index contributed by atoms with van der Waals surface area (Å²) in [6, 6.07) is 14.8. The summed E-state index contributed by atoms with van der Waals surface area (Å²) in [6.45, 7) is 63.3. The molecule has 0 saturated carbocycles. The molecule has 0 radical (unpaired) electrons. The van der Waals surface area contributed by atoms with Crippen LogP contribution >= 0.6 is 0 Å². The summed E-state index contributed by atoms with van der Waals surface area (Å²) >= 11 is 0. The van der Waals surface area contributed by atoms with Crippen molar-refractivity contribution in [1.82, 2.24) is 0 Å². The number of phenolic OH excluding ortho intramolecular Hbond substituents is 4. The molecule has 0 saturated heterocycles. The molecule has 0 bridgehead atoms. The highest BCUT2D eigenvalue weighted by Gasteiger charge is 2.30. The maximum Gasteiger partial charge on any atom is 0.331 e. The second kappa shape index (κ2) is 28.4. The summed E-state index contributed by atoms with van der Waals surface area (Å²) in [7, 11) is 0. The SMILES string of the molecule is C.C=C(Cc1cc(C(C)(C)C)c(O)cc1C(C)(C)C)C(=O)O.C=C(Cc1cc(C(C)(C)C)c(O)cc1C(C)(C)C)C(=O)O.C=C(Cc1cc(C(C)(C)C)c(O)cc1C(C)(C)C)C(=O)O.C=C(Cc1cc(C(C)(C)C)c(O)cc1C(C)(C)C)C(=O)O. The number of benzene rings is 4. The molecule has 4 rings (SSSR count). The van der Waals surface area contributed by atoms with Gasteiger partial charge in [0.05, 0.1) is 0 Å². The zero-order valence-electron chi connectivity index (χ0n) is 55.5. The number of aliphatic carboxylic acids is 4. The average Bonchev–Trinajstić information content (AvgIpc) is 3.30. The van der Waals surface area contributed by atoms with Crippen molar-refractivity contribution in [2.75, 3.05) is 0 Å². The van der Waals surface area contributed by atoms with Crippen molar-refractivity contribution in [3.8, 4) is 23.0 Å². The first-order valence-electron chi connectivity index (χ1n) is 28.5. The number of carboxylic acids is 4. The van der Waals surface area contributed by atoms with Gasteiger partial charge < -0.3 is 40.9 Å². The van der Waals surface area contributed by atoms with Gasteiger partial charge in [-0.15, -0.1) is 0 Å². The zero-order valence-corrected chi connectivity index (χ0v) is 55.5. The van der Waals surface area contributed by atoms with E-state index in [0.717, 1.165) is 66.8 Å². The van der Waals surface area contributed by atoms with E-state index >= 15 is 0 Å². The van der Waals surface area contributed by atoms with E-state index in [1.165, 1.54) is 0 Å². The van der Waals surface area contributed by atoms with Gasteiger partial charge in [0.1, 0.15) is 23.0 Å². The maximum atomic E-state index is 11.1. The first-order valence-corrected chi connectivity index (χ1v) is 28.5. The number of phenols is 4. The van der Waals surface area contributed by atoms with E-state index in [-0.39, 0.29) is 122 Å². The molecule has 0 atom stereocenters. The third-order valence-electron chi connectivity index (χ3n) is 14.2. The predicted octanol–water partition coefficient (Wildman–Crippen LogP) is 17.3. The Hall–Kier alpha value is -7.08. The molecule has 4 aromatic rings. The highest BCUT2D eigenvalue weighted by Crippen LogP contribution is 2.42. The van der Waals surface area contributed by atoms with Crippen LogP contribution in [0.1, 0.15) is 240 Å². The van der Waals surface area contributed by atoms with Crippen LogP contribution in [0.4, 0.5) is 0 Å². The zero-order chi connectivity index (χ0) is 66.3. The van der Waals surface area contributed by atoms with E-state index in [4.69, 9.17) is 20.4 Å². The van der Waals surface area contributed by atoms with Gasteiger partial charge in [-0.25, -0.2) is 19.2 Å². The Morgan fingerprint density at radius 3 is 0.482 bits per heavy atom. The lowest BCUT2D eigenvalue weighted by Gasteiger charge is -2.28. The van der Waals surface area contributed by atoms with Crippen molar-refractivity contribution in [3.05, 3.63) is 164 Å². The second-order valence-electron chi connectivity index (χ2n) is 30.4. The van der Waals surface area contributed by atoms with Gasteiger partial charge in [0.25, 0.3) is 0 Å². The molecule has 0 aliphatic rings. The second-order valence-corrected chi connectivity index (χ2v) is 30.4. The van der Waals surface area contributed by atoms with E-state index in [9.17, 15) is 39.6 Å². The van der Waals surface area contributed by atoms with Crippen molar-refractivity contribution in [2.45, 2.75) is 243 Å². The number of hydrogen-bond acceptors (Lipinski definition) is 8. The van der Waals surface area contributed by atoms with Gasteiger partial charge in [0.15, 0.2) is 0 Å². The highest BCUT2D eigenvalue weighted by atomic mass is 16.4. The number of carboxylic acid groups (broad SMARTS) is 4. The minimum absolute atomic E-state index is 0. The van der Waals surface area contributed by atoms with Crippen LogP contribution in [-0.4, -0.2) is 64.7 Å². The lowest BCUT2D eigenvalue weighted by atomic mass is 9.77. The molecule has 0 aliphatic carbocycles. The van der Waals surface area contributed by atoms with Crippen LogP contribution in [0.25, 0.3) is 0 Å². The van der Waals surface area contributed by atoms with Crippen LogP contribution < -0.4 is 0 Å². The number of carbonyl (C=O) groups is 4. The molecule has 0 spiro atoms. The molecular formula is C73H108O12. The van der Waals surface area contributed by atoms with Crippen LogP contribution in [-0.2, 0) is 88.2 Å². The van der Waals surface area contributed by atoms with E-state index in [0.29, 0.717) is 0 Å². The highest BCUT2D eigenvalue weighted by molar-refractivity contribution is 5.88. The predicted molar refractivity (Wildman–Crippen MR) is 351 cm³/mol. The van der Waals surface area contributed by atoms with Crippen LogP contribution in [0.5, 0.6) is 23.0 Å². The van der Waals surface area contributed by atoms with Crippen LogP contribution in [0.3, 0.4) is 0 Å². The third kappa shape index (κ3) is 23.0. The molecule has 12 heteroatoms. The standard InChI is InChI=1S/4C18H26O3.CH4/c4*1-11(16(20)21)8-12-9-14(18(5,6)7)15(19)10-13(12)17(2,3)4;/h4*9-10,19H,1,8H2,2-7H3,(H,20,21);1H4. The van der Waals surface area contributed by atoms with Crippen molar-refractivity contribution >= 4 is 23.9 Å². The number of hydrogen-bond donors (Lipinski definition) is 8. The van der Waals surface area contributed by atoms with Crippen molar-refractivity contribution in [1.29, 1.82) is 0 Å². The summed E-state index contributed by atoms with van der Waals surface area (Å²) in [6.07, 6.45) is 1.13. The summed E-state index contributed by atoms with van der Waals surface area (Å²) in [5.41, 5.74) is 9.85. The van der Waals surface area contributed by atoms with E-state index in [1.807, 2.05) is 190 Å². The first-order chi connectivity index (χ1) is 37.3. The largest absolute Gasteiger partial charge is 0.508 e. The lowest BCUT2D eigenvalue weighted by molar-refractivity contribution is -0.133. The van der Waals surface area contributed by atoms with Crippen LogP contribution in [0, 0.1) is 0 Å². The average molecular weight is 1180 g/mol. The fourth-order valence-corrected chi connectivity index (χ4v) is 9.53. The normalized spacial score (nSPS) is 12.1. The Morgan fingerprint density at radius 2 is 0.388 bits per heavy atom. The Bertz CT molecular complexity index is 2700. The Kier molecular flexibility index (Phi) is 26.0. The van der Waals surface area contributed by atoms with E-state index in [2.05, 4.69) is 26.3 Å². The molecule has 0 aliphatic heterocycles. The van der Waals surface area contributed by atoms with Gasteiger partial charge in [0.2, 0.25) is 0 Å². The maximum absolute atomic E-state index is 11.1. The molecule has 8 N–H and O–H groups in total. The summed E-state index contributed by atoms with van der Waals surface area (Å²) in [5, 5.41) is 77.6. The molecule has 0 aromatic heterocycles. The van der Waals surface area contributed by atoms with Crippen molar-refractivity contribution in [3.63, 3.8) is 0 Å².